The van der Waals surface area contributed by atoms with Gasteiger partial charge in [0, 0.05) is 19.3 Å². The Kier molecular flexibility index (Phi) is 4.83. The predicted octanol–water partition coefficient (Wildman–Crippen LogP) is 1.05. The molecule has 0 bridgehead atoms. The zero-order chi connectivity index (χ0) is 11.1. The fourth-order valence-electron chi connectivity index (χ4n) is 1.19. The van der Waals surface area contributed by atoms with Crippen molar-refractivity contribution in [2.75, 3.05) is 6.54 Å². The molecule has 82 valence electrons. The Balaban J connectivity index is 2.36. The van der Waals surface area contributed by atoms with Crippen LogP contribution >= 0.6 is 12.2 Å². The van der Waals surface area contributed by atoms with Crippen LogP contribution in [0.5, 0.6) is 0 Å². The monoisotopic (exact) mass is 224 g/mol. The van der Waals surface area contributed by atoms with Crippen molar-refractivity contribution in [3.05, 3.63) is 30.6 Å². The normalized spacial score (nSPS) is 9.67. The molecule has 1 aromatic rings. The van der Waals surface area contributed by atoms with Crippen molar-refractivity contribution in [2.24, 2.45) is 0 Å². The molecule has 0 atom stereocenters. The van der Waals surface area contributed by atoms with Gasteiger partial charge in [-0.1, -0.05) is 6.08 Å². The molecule has 0 aliphatic carbocycles. The average Bonchev–Trinajstić information content (AvgIpc) is 2.70. The number of nitrogens with one attached hydrogen (secondary N) is 2. The summed E-state index contributed by atoms with van der Waals surface area (Å²) in [6.07, 6.45) is 3.56. The molecule has 0 unspecified atom stereocenters. The first-order chi connectivity index (χ1) is 7.27. The highest BCUT2D eigenvalue weighted by Gasteiger charge is 2.00. The summed E-state index contributed by atoms with van der Waals surface area (Å²) in [5.41, 5.74) is 1.13. The molecule has 0 radical (unpaired) electrons. The van der Waals surface area contributed by atoms with E-state index in [1.54, 1.807) is 12.3 Å². The van der Waals surface area contributed by atoms with E-state index in [0.717, 1.165) is 12.2 Å². The van der Waals surface area contributed by atoms with E-state index in [2.05, 4.69) is 29.2 Å². The van der Waals surface area contributed by atoms with Crippen molar-refractivity contribution in [2.45, 2.75) is 20.0 Å². The second-order valence-corrected chi connectivity index (χ2v) is 3.40. The summed E-state index contributed by atoms with van der Waals surface area (Å²) in [6, 6.07) is 1.98. The molecule has 0 aromatic carbocycles. The molecular weight excluding hydrogens is 208 g/mol. The van der Waals surface area contributed by atoms with Gasteiger partial charge in [0.05, 0.1) is 12.2 Å². The number of aromatic nitrogens is 2. The molecule has 0 spiro atoms. The Hall–Kier alpha value is -1.36. The van der Waals surface area contributed by atoms with Crippen molar-refractivity contribution in [1.29, 1.82) is 0 Å². The second-order valence-electron chi connectivity index (χ2n) is 2.99. The molecule has 4 nitrogen and oxygen atoms in total. The molecule has 15 heavy (non-hydrogen) atoms. The molecule has 1 heterocycles. The summed E-state index contributed by atoms with van der Waals surface area (Å²) in [4.78, 5) is 0. The second kappa shape index (κ2) is 6.19. The summed E-state index contributed by atoms with van der Waals surface area (Å²) in [5.74, 6) is 0. The fraction of sp³-hybridized carbons (Fsp3) is 0.400. The largest absolute Gasteiger partial charge is 0.359 e. The SMILES string of the molecule is C=CCNC(=S)NCc1ccnn1CC. The molecule has 0 fully saturated rings. The maximum absolute atomic E-state index is 5.07. The van der Waals surface area contributed by atoms with Gasteiger partial charge in [0.1, 0.15) is 0 Å². The number of hydrogen-bond donors (Lipinski definition) is 2. The Morgan fingerprint density at radius 1 is 1.67 bits per heavy atom. The smallest absolute Gasteiger partial charge is 0.166 e. The first-order valence-corrected chi connectivity index (χ1v) is 5.32. The Labute approximate surface area is 95.4 Å². The van der Waals surface area contributed by atoms with Crippen LogP contribution in [0.4, 0.5) is 0 Å². The molecule has 0 aliphatic heterocycles. The molecule has 1 aromatic heterocycles. The average molecular weight is 224 g/mol. The summed E-state index contributed by atoms with van der Waals surface area (Å²) in [5, 5.41) is 10.9. The van der Waals surface area contributed by atoms with E-state index in [4.69, 9.17) is 12.2 Å². The van der Waals surface area contributed by atoms with Crippen molar-refractivity contribution < 1.29 is 0 Å². The van der Waals surface area contributed by atoms with Crippen molar-refractivity contribution in [1.82, 2.24) is 20.4 Å². The minimum atomic E-state index is 0.638. The lowest BCUT2D eigenvalue weighted by Crippen LogP contribution is -2.35. The Bertz CT molecular complexity index is 332. The molecule has 2 N–H and O–H groups in total. The van der Waals surface area contributed by atoms with E-state index in [0.29, 0.717) is 18.2 Å². The van der Waals surface area contributed by atoms with Crippen molar-refractivity contribution >= 4 is 17.3 Å². The summed E-state index contributed by atoms with van der Waals surface area (Å²) in [6.45, 7) is 7.91. The molecule has 0 saturated carbocycles. The highest BCUT2D eigenvalue weighted by atomic mass is 32.1. The van der Waals surface area contributed by atoms with Gasteiger partial charge in [0.2, 0.25) is 0 Å². The molecule has 0 amide bonds. The van der Waals surface area contributed by atoms with Crippen LogP contribution in [0.1, 0.15) is 12.6 Å². The van der Waals surface area contributed by atoms with Crippen LogP contribution in [0.2, 0.25) is 0 Å². The summed E-state index contributed by atoms with van der Waals surface area (Å²) in [7, 11) is 0. The topological polar surface area (TPSA) is 41.9 Å². The third-order valence-electron chi connectivity index (χ3n) is 1.94. The molecular formula is C10H16N4S. The lowest BCUT2D eigenvalue weighted by molar-refractivity contribution is 0.612. The van der Waals surface area contributed by atoms with Gasteiger partial charge in [-0.15, -0.1) is 6.58 Å². The number of rotatable bonds is 5. The first-order valence-electron chi connectivity index (χ1n) is 4.91. The van der Waals surface area contributed by atoms with E-state index >= 15 is 0 Å². The van der Waals surface area contributed by atoms with E-state index in [-0.39, 0.29) is 0 Å². The van der Waals surface area contributed by atoms with E-state index in [9.17, 15) is 0 Å². The van der Waals surface area contributed by atoms with Gasteiger partial charge >= 0.3 is 0 Å². The lowest BCUT2D eigenvalue weighted by Gasteiger charge is -2.09. The molecule has 5 heteroatoms. The highest BCUT2D eigenvalue weighted by Crippen LogP contribution is 1.97. The van der Waals surface area contributed by atoms with E-state index < -0.39 is 0 Å². The zero-order valence-corrected chi connectivity index (χ0v) is 9.68. The lowest BCUT2D eigenvalue weighted by atomic mass is 10.4. The van der Waals surface area contributed by atoms with Crippen molar-refractivity contribution in [3.63, 3.8) is 0 Å². The van der Waals surface area contributed by atoms with Gasteiger partial charge in [-0.05, 0) is 25.2 Å². The minimum Gasteiger partial charge on any atom is -0.359 e. The third kappa shape index (κ3) is 3.71. The first kappa shape index (κ1) is 11.7. The van der Waals surface area contributed by atoms with Crippen LogP contribution in [-0.2, 0) is 13.1 Å². The standard InChI is InChI=1S/C10H16N4S/c1-3-6-11-10(15)12-8-9-5-7-13-14(9)4-2/h3,5,7H,1,4,6,8H2,2H3,(H2,11,12,15). The van der Waals surface area contributed by atoms with Gasteiger partial charge in [-0.2, -0.15) is 5.10 Å². The molecule has 0 aliphatic rings. The van der Waals surface area contributed by atoms with Gasteiger partial charge in [-0.25, -0.2) is 0 Å². The van der Waals surface area contributed by atoms with Crippen LogP contribution in [0.3, 0.4) is 0 Å². The maximum Gasteiger partial charge on any atom is 0.166 e. The minimum absolute atomic E-state index is 0.638. The van der Waals surface area contributed by atoms with Gasteiger partial charge in [0.15, 0.2) is 5.11 Å². The fourth-order valence-corrected chi connectivity index (χ4v) is 1.35. The third-order valence-corrected chi connectivity index (χ3v) is 2.23. The Morgan fingerprint density at radius 2 is 2.47 bits per heavy atom. The van der Waals surface area contributed by atoms with Crippen LogP contribution in [0.25, 0.3) is 0 Å². The number of aryl methyl sites for hydroxylation is 1. The van der Waals surface area contributed by atoms with E-state index in [1.807, 2.05) is 10.7 Å². The summed E-state index contributed by atoms with van der Waals surface area (Å²) < 4.78 is 1.93. The Morgan fingerprint density at radius 3 is 3.13 bits per heavy atom. The predicted molar refractivity (Wildman–Crippen MR) is 65.5 cm³/mol. The van der Waals surface area contributed by atoms with Crippen LogP contribution in [0, 0.1) is 0 Å². The van der Waals surface area contributed by atoms with Crippen LogP contribution in [0.15, 0.2) is 24.9 Å². The van der Waals surface area contributed by atoms with Gasteiger partial charge in [0.25, 0.3) is 0 Å². The van der Waals surface area contributed by atoms with Gasteiger partial charge < -0.3 is 10.6 Å². The number of nitrogens with zero attached hydrogens (tertiary/aromatic N) is 2. The number of hydrogen-bond acceptors (Lipinski definition) is 2. The maximum atomic E-state index is 5.07. The highest BCUT2D eigenvalue weighted by molar-refractivity contribution is 7.80. The zero-order valence-electron chi connectivity index (χ0n) is 8.86. The van der Waals surface area contributed by atoms with Gasteiger partial charge in [-0.3, -0.25) is 4.68 Å². The van der Waals surface area contributed by atoms with E-state index in [1.165, 1.54) is 0 Å². The quantitative estimate of drug-likeness (QED) is 0.579. The summed E-state index contributed by atoms with van der Waals surface area (Å²) >= 11 is 5.07. The van der Waals surface area contributed by atoms with Crippen molar-refractivity contribution in [3.8, 4) is 0 Å². The van der Waals surface area contributed by atoms with Crippen LogP contribution in [-0.4, -0.2) is 21.4 Å². The number of thiocarbonyl (C=S) groups is 1. The molecule has 0 saturated heterocycles. The van der Waals surface area contributed by atoms with Crippen LogP contribution < -0.4 is 10.6 Å². The molecule has 1 rings (SSSR count).